The molecule has 5 nitrogen and oxygen atoms in total. The molecule has 1 unspecified atom stereocenters. The molecule has 5 rings (SSSR count). The smallest absolute Gasteiger partial charge is 0.305 e. The van der Waals surface area contributed by atoms with Crippen molar-refractivity contribution < 1.29 is 21.8 Å². The van der Waals surface area contributed by atoms with Crippen LogP contribution >= 0.6 is 0 Å². The second-order valence-corrected chi connectivity index (χ2v) is 7.31. The maximum atomic E-state index is 12.7. The van der Waals surface area contributed by atoms with Crippen LogP contribution < -0.4 is 4.74 Å². The van der Waals surface area contributed by atoms with Crippen molar-refractivity contribution in [1.29, 1.82) is 0 Å². The summed E-state index contributed by atoms with van der Waals surface area (Å²) < 4.78 is 42.2. The molecule has 0 bridgehead atoms. The molecule has 124 valence electrons. The lowest BCUT2D eigenvalue weighted by molar-refractivity contribution is -0.0186. The minimum Gasteiger partial charge on any atom is -0.455 e. The van der Waals surface area contributed by atoms with Gasteiger partial charge in [0, 0.05) is 10.8 Å². The third-order valence-electron chi connectivity index (χ3n) is 4.22. The molecular formula is C19H12O5S. The molecule has 1 atom stereocenters. The summed E-state index contributed by atoms with van der Waals surface area (Å²) >= 11 is 0. The van der Waals surface area contributed by atoms with Crippen molar-refractivity contribution in [3.8, 4) is 5.75 Å². The first-order chi connectivity index (χ1) is 12.1. The quantitative estimate of drug-likeness (QED) is 0.476. The molecule has 0 saturated carbocycles. The highest BCUT2D eigenvalue weighted by Gasteiger charge is 2.37. The summed E-state index contributed by atoms with van der Waals surface area (Å²) in [5, 5.41) is 2.23. The summed E-state index contributed by atoms with van der Waals surface area (Å²) in [5.74, 6) is 0.569. The number of para-hydroxylation sites is 1. The summed E-state index contributed by atoms with van der Waals surface area (Å²) in [4.78, 5) is 0.0537. The third-order valence-corrected chi connectivity index (χ3v) is 5.57. The Hall–Kier alpha value is -2.83. The molecule has 4 aromatic rings. The monoisotopic (exact) mass is 352 g/mol. The second-order valence-electron chi connectivity index (χ2n) is 5.80. The van der Waals surface area contributed by atoms with Gasteiger partial charge in [0.2, 0.25) is 0 Å². The van der Waals surface area contributed by atoms with Gasteiger partial charge >= 0.3 is 10.1 Å². The Morgan fingerprint density at radius 1 is 0.840 bits per heavy atom. The van der Waals surface area contributed by atoms with E-state index in [1.54, 1.807) is 30.3 Å². The molecule has 0 saturated heterocycles. The van der Waals surface area contributed by atoms with Crippen LogP contribution in [0.4, 0.5) is 0 Å². The Morgan fingerprint density at radius 2 is 1.60 bits per heavy atom. The first-order valence-corrected chi connectivity index (χ1v) is 9.13. The number of hydrogen-bond acceptors (Lipinski definition) is 5. The van der Waals surface area contributed by atoms with Gasteiger partial charge in [0.1, 0.15) is 16.2 Å². The normalized spacial score (nSPS) is 18.8. The predicted molar refractivity (Wildman–Crippen MR) is 91.8 cm³/mol. The van der Waals surface area contributed by atoms with Crippen LogP contribution in [0.1, 0.15) is 12.1 Å². The molecule has 6 heteroatoms. The lowest BCUT2D eigenvalue weighted by Gasteiger charge is -2.25. The van der Waals surface area contributed by atoms with Crippen molar-refractivity contribution in [2.45, 2.75) is 11.2 Å². The highest BCUT2D eigenvalue weighted by molar-refractivity contribution is 7.87. The van der Waals surface area contributed by atoms with Gasteiger partial charge in [0.05, 0.1) is 0 Å². The molecule has 0 amide bonds. The molecule has 1 aliphatic rings. The summed E-state index contributed by atoms with van der Waals surface area (Å²) in [6.07, 6.45) is -1.15. The Morgan fingerprint density at radius 3 is 2.44 bits per heavy atom. The fourth-order valence-corrected chi connectivity index (χ4v) is 4.37. The van der Waals surface area contributed by atoms with Crippen LogP contribution in [0.5, 0.6) is 5.75 Å². The summed E-state index contributed by atoms with van der Waals surface area (Å²) in [5.41, 5.74) is 0.645. The second kappa shape index (κ2) is 5.08. The minimum atomic E-state index is -3.99. The van der Waals surface area contributed by atoms with Crippen LogP contribution in [0.25, 0.3) is 21.7 Å². The van der Waals surface area contributed by atoms with Crippen LogP contribution in [0.2, 0.25) is 0 Å². The lowest BCUT2D eigenvalue weighted by Crippen LogP contribution is -2.23. The maximum absolute atomic E-state index is 12.7. The van der Waals surface area contributed by atoms with Gasteiger partial charge in [-0.3, -0.25) is 0 Å². The van der Waals surface area contributed by atoms with Crippen LogP contribution in [-0.2, 0) is 14.3 Å². The predicted octanol–water partition coefficient (Wildman–Crippen LogP) is 4.38. The van der Waals surface area contributed by atoms with E-state index in [1.165, 1.54) is 0 Å². The van der Waals surface area contributed by atoms with Gasteiger partial charge in [-0.2, -0.15) is 8.42 Å². The van der Waals surface area contributed by atoms with Crippen LogP contribution in [0, 0.1) is 0 Å². The zero-order valence-electron chi connectivity index (χ0n) is 12.9. The minimum absolute atomic E-state index is 0.0537. The number of furan rings is 1. The molecule has 0 spiro atoms. The molecule has 0 aliphatic carbocycles. The van der Waals surface area contributed by atoms with Crippen LogP contribution in [-0.4, -0.2) is 8.42 Å². The van der Waals surface area contributed by atoms with E-state index in [0.29, 0.717) is 16.7 Å². The standard InChI is InChI=1S/C19H12O5S/c20-25(21)18-14-7-3-1-5-12(14)9-10-16(18)23-19(24-25)17-11-13-6-2-4-8-15(13)22-17/h1-11,19H. The highest BCUT2D eigenvalue weighted by Crippen LogP contribution is 2.42. The van der Waals surface area contributed by atoms with Crippen molar-refractivity contribution in [3.63, 3.8) is 0 Å². The van der Waals surface area contributed by atoms with Gasteiger partial charge in [-0.15, -0.1) is 0 Å². The SMILES string of the molecule is O=S1(=O)OC(c2cc3ccccc3o2)Oc2ccc3ccccc3c21. The Labute approximate surface area is 143 Å². The van der Waals surface area contributed by atoms with Gasteiger partial charge in [0.25, 0.3) is 6.29 Å². The highest BCUT2D eigenvalue weighted by atomic mass is 32.2. The molecule has 1 aliphatic heterocycles. The number of fused-ring (bicyclic) bond motifs is 4. The van der Waals surface area contributed by atoms with Crippen molar-refractivity contribution in [3.05, 3.63) is 72.5 Å². The van der Waals surface area contributed by atoms with E-state index < -0.39 is 16.4 Å². The van der Waals surface area contributed by atoms with E-state index in [1.807, 2.05) is 36.4 Å². The molecule has 0 N–H and O–H groups in total. The van der Waals surface area contributed by atoms with Gasteiger partial charge < -0.3 is 9.15 Å². The summed E-state index contributed by atoms with van der Waals surface area (Å²) in [6.45, 7) is 0. The van der Waals surface area contributed by atoms with E-state index in [-0.39, 0.29) is 10.6 Å². The average molecular weight is 352 g/mol. The summed E-state index contributed by atoms with van der Waals surface area (Å²) in [6, 6.07) is 19.8. The Bertz CT molecular complexity index is 1190. The van der Waals surface area contributed by atoms with E-state index in [4.69, 9.17) is 13.3 Å². The van der Waals surface area contributed by atoms with Crippen LogP contribution in [0.15, 0.2) is 76.0 Å². The first-order valence-electron chi connectivity index (χ1n) is 7.72. The maximum Gasteiger partial charge on any atom is 0.305 e. The molecule has 1 aromatic heterocycles. The fraction of sp³-hybridized carbons (Fsp3) is 0.0526. The molecule has 25 heavy (non-hydrogen) atoms. The number of hydrogen-bond donors (Lipinski definition) is 0. The van der Waals surface area contributed by atoms with Crippen molar-refractivity contribution in [2.24, 2.45) is 0 Å². The van der Waals surface area contributed by atoms with E-state index >= 15 is 0 Å². The van der Waals surface area contributed by atoms with E-state index in [0.717, 1.165) is 10.8 Å². The van der Waals surface area contributed by atoms with Crippen molar-refractivity contribution >= 4 is 31.9 Å². The van der Waals surface area contributed by atoms with E-state index in [2.05, 4.69) is 0 Å². The molecular weight excluding hydrogens is 340 g/mol. The average Bonchev–Trinajstić information content (AvgIpc) is 3.04. The molecule has 0 radical (unpaired) electrons. The van der Waals surface area contributed by atoms with Crippen molar-refractivity contribution in [1.82, 2.24) is 0 Å². The molecule has 3 aromatic carbocycles. The van der Waals surface area contributed by atoms with Crippen molar-refractivity contribution in [2.75, 3.05) is 0 Å². The number of benzene rings is 3. The van der Waals surface area contributed by atoms with Gasteiger partial charge in [-0.25, -0.2) is 4.18 Å². The van der Waals surface area contributed by atoms with E-state index in [9.17, 15) is 8.42 Å². The van der Waals surface area contributed by atoms with Gasteiger partial charge in [-0.1, -0.05) is 48.5 Å². The fourth-order valence-electron chi connectivity index (χ4n) is 3.10. The number of ether oxygens (including phenoxy) is 1. The third kappa shape index (κ3) is 2.22. The first kappa shape index (κ1) is 14.5. The van der Waals surface area contributed by atoms with Crippen LogP contribution in [0.3, 0.4) is 0 Å². The van der Waals surface area contributed by atoms with Gasteiger partial charge in [-0.05, 0) is 23.6 Å². The Balaban J connectivity index is 1.67. The molecule has 0 fully saturated rings. The largest absolute Gasteiger partial charge is 0.455 e. The summed E-state index contributed by atoms with van der Waals surface area (Å²) in [7, 11) is -3.99. The zero-order chi connectivity index (χ0) is 17.0. The Kier molecular flexibility index (Phi) is 2.95. The lowest BCUT2D eigenvalue weighted by atomic mass is 10.1. The van der Waals surface area contributed by atoms with Gasteiger partial charge in [0.15, 0.2) is 5.76 Å². The topological polar surface area (TPSA) is 65.7 Å². The number of rotatable bonds is 1. The zero-order valence-corrected chi connectivity index (χ0v) is 13.7. The molecule has 2 heterocycles.